The molecule has 7 heteroatoms. The summed E-state index contributed by atoms with van der Waals surface area (Å²) in [5.74, 6) is -0.319. The maximum atomic E-state index is 15.9. The van der Waals surface area contributed by atoms with Gasteiger partial charge >= 0.3 is 12.9 Å². The van der Waals surface area contributed by atoms with Gasteiger partial charge < -0.3 is 22.3 Å². The van der Waals surface area contributed by atoms with Crippen molar-refractivity contribution in [3.05, 3.63) is 39.4 Å². The highest BCUT2D eigenvalue weighted by Crippen LogP contribution is 2.46. The normalized spacial score (nSPS) is 17.8. The first kappa shape index (κ1) is 21.5. The maximum absolute atomic E-state index is 15.9. The molecule has 0 saturated carbocycles. The molecule has 0 bridgehead atoms. The number of esters is 1. The Morgan fingerprint density at radius 1 is 1.10 bits per heavy atom. The number of fused-ring (bicyclic) bond motifs is 2. The van der Waals surface area contributed by atoms with Crippen LogP contribution in [0.3, 0.4) is 0 Å². The zero-order valence-corrected chi connectivity index (χ0v) is 18.6. The van der Waals surface area contributed by atoms with Crippen molar-refractivity contribution in [1.82, 2.24) is 4.48 Å². The zero-order chi connectivity index (χ0) is 21.7. The number of halogens is 2. The van der Waals surface area contributed by atoms with Crippen LogP contribution in [0, 0.1) is 13.8 Å². The molecule has 29 heavy (non-hydrogen) atoms. The summed E-state index contributed by atoms with van der Waals surface area (Å²) in [6.45, 7) is 9.25. The van der Waals surface area contributed by atoms with Crippen LogP contribution in [0.2, 0.25) is 0 Å². The molecule has 3 heterocycles. The van der Waals surface area contributed by atoms with E-state index in [0.717, 1.165) is 40.7 Å². The van der Waals surface area contributed by atoms with Gasteiger partial charge in [-0.2, -0.15) is 0 Å². The van der Waals surface area contributed by atoms with Crippen LogP contribution < -0.4 is 0 Å². The third-order valence-electron chi connectivity index (χ3n) is 6.47. The molecule has 4 nitrogen and oxygen atoms in total. The summed E-state index contributed by atoms with van der Waals surface area (Å²) in [6.07, 6.45) is 2.62. The number of ether oxygens (including phenoxy) is 1. The van der Waals surface area contributed by atoms with E-state index in [1.807, 2.05) is 27.7 Å². The lowest BCUT2D eigenvalue weighted by Gasteiger charge is -2.34. The lowest BCUT2D eigenvalue weighted by molar-refractivity contribution is -0.364. The van der Waals surface area contributed by atoms with Crippen LogP contribution in [0.1, 0.15) is 76.4 Å². The Bertz CT molecular complexity index is 983. The quantitative estimate of drug-likeness (QED) is 0.372. The minimum absolute atomic E-state index is 0.291. The second kappa shape index (κ2) is 7.58. The number of carbonyl (C=O) groups is 1. The second-order valence-electron chi connectivity index (χ2n) is 8.03. The molecule has 0 aliphatic carbocycles. The van der Waals surface area contributed by atoms with Gasteiger partial charge in [-0.05, 0) is 63.3 Å². The van der Waals surface area contributed by atoms with Gasteiger partial charge in [-0.3, -0.25) is 4.79 Å². The SMILES string of the molecule is CCC1=C(C)C2=C(CCCOC(C)=O)c3c(C)c(CC)c(C)n3[B-](F)(F)[N+]2=C1C. The fourth-order valence-corrected chi connectivity index (χ4v) is 5.31. The van der Waals surface area contributed by atoms with Crippen LogP contribution in [0.5, 0.6) is 0 Å². The molecule has 0 spiro atoms. The van der Waals surface area contributed by atoms with E-state index in [1.165, 1.54) is 15.9 Å². The highest BCUT2D eigenvalue weighted by Gasteiger charge is 2.56. The Labute approximate surface area is 172 Å². The fourth-order valence-electron chi connectivity index (χ4n) is 5.31. The van der Waals surface area contributed by atoms with E-state index in [9.17, 15) is 4.79 Å². The molecule has 0 atom stereocenters. The van der Waals surface area contributed by atoms with E-state index < -0.39 is 6.97 Å². The van der Waals surface area contributed by atoms with Crippen LogP contribution in [-0.4, -0.2) is 34.2 Å². The molecule has 0 N–H and O–H groups in total. The summed E-state index contributed by atoms with van der Waals surface area (Å²) >= 11 is 0. The van der Waals surface area contributed by atoms with Crippen molar-refractivity contribution < 1.29 is 22.6 Å². The molecule has 2 aliphatic heterocycles. The standard InChI is InChI=1S/C22H31BF2N2O2/c1-8-18-13(3)21-20(11-10-12-29-17(7)28)22-14(4)19(9-2)16(6)27(22)23(24,25)26(21)15(18)5/h8-12H2,1-7H3. The van der Waals surface area contributed by atoms with Crippen LogP contribution in [-0.2, 0) is 16.0 Å². The summed E-state index contributed by atoms with van der Waals surface area (Å²) < 4.78 is 39.6. The number of hydrogen-bond acceptors (Lipinski definition) is 2. The number of hydrogen-bond donors (Lipinski definition) is 0. The van der Waals surface area contributed by atoms with Gasteiger partial charge in [0.05, 0.1) is 6.61 Å². The van der Waals surface area contributed by atoms with Crippen molar-refractivity contribution in [2.75, 3.05) is 6.61 Å². The van der Waals surface area contributed by atoms with Gasteiger partial charge in [-0.15, -0.1) is 0 Å². The largest absolute Gasteiger partial charge is 0.737 e. The average Bonchev–Trinajstić information content (AvgIpc) is 3.05. The summed E-state index contributed by atoms with van der Waals surface area (Å²) in [6, 6.07) is 0. The topological polar surface area (TPSA) is 34.2 Å². The summed E-state index contributed by atoms with van der Waals surface area (Å²) in [5.41, 5.74) is 7.42. The van der Waals surface area contributed by atoms with Gasteiger partial charge in [0.1, 0.15) is 5.71 Å². The van der Waals surface area contributed by atoms with Crippen molar-refractivity contribution in [3.63, 3.8) is 0 Å². The second-order valence-corrected chi connectivity index (χ2v) is 8.03. The van der Waals surface area contributed by atoms with E-state index in [2.05, 4.69) is 0 Å². The Morgan fingerprint density at radius 2 is 1.76 bits per heavy atom. The molecule has 158 valence electrons. The minimum atomic E-state index is -3.97. The molecular weight excluding hydrogens is 373 g/mol. The molecule has 3 rings (SSSR count). The molecule has 2 aliphatic rings. The van der Waals surface area contributed by atoms with Crippen molar-refractivity contribution in [2.24, 2.45) is 0 Å². The third kappa shape index (κ3) is 3.09. The number of rotatable bonds is 6. The first-order chi connectivity index (χ1) is 13.6. The Morgan fingerprint density at radius 3 is 2.31 bits per heavy atom. The highest BCUT2D eigenvalue weighted by atomic mass is 19.2. The summed E-state index contributed by atoms with van der Waals surface area (Å²) in [5, 5.41) is 0. The molecule has 0 amide bonds. The molecular formula is C22H31BF2N2O2. The van der Waals surface area contributed by atoms with Crippen molar-refractivity contribution in [3.8, 4) is 0 Å². The smallest absolute Gasteiger partial charge is 0.466 e. The lowest BCUT2D eigenvalue weighted by atomic mass is 9.84. The predicted molar refractivity (Wildman–Crippen MR) is 113 cm³/mol. The van der Waals surface area contributed by atoms with Crippen molar-refractivity contribution in [2.45, 2.75) is 74.1 Å². The number of allylic oxidation sites excluding steroid dienone is 3. The van der Waals surface area contributed by atoms with Crippen molar-refractivity contribution >= 4 is 24.2 Å². The third-order valence-corrected chi connectivity index (χ3v) is 6.47. The number of nitrogens with zero attached hydrogens (tertiary/aromatic N) is 2. The summed E-state index contributed by atoms with van der Waals surface area (Å²) in [4.78, 5) is 11.1. The first-order valence-corrected chi connectivity index (χ1v) is 10.5. The van der Waals surface area contributed by atoms with Gasteiger partial charge in [-0.25, -0.2) is 0 Å². The Kier molecular flexibility index (Phi) is 5.63. The van der Waals surface area contributed by atoms with Crippen molar-refractivity contribution in [1.29, 1.82) is 0 Å². The van der Waals surface area contributed by atoms with E-state index in [1.54, 1.807) is 13.8 Å². The van der Waals surface area contributed by atoms with Gasteiger partial charge in [0.15, 0.2) is 5.70 Å². The van der Waals surface area contributed by atoms with Crippen LogP contribution in [0.25, 0.3) is 5.57 Å². The minimum Gasteiger partial charge on any atom is -0.466 e. The lowest BCUT2D eigenvalue weighted by Crippen LogP contribution is -2.51. The van der Waals surface area contributed by atoms with Crippen LogP contribution in [0.15, 0.2) is 16.8 Å². The van der Waals surface area contributed by atoms with Crippen LogP contribution >= 0.6 is 0 Å². The van der Waals surface area contributed by atoms with E-state index in [4.69, 9.17) is 4.74 Å². The van der Waals surface area contributed by atoms with Gasteiger partial charge in [0, 0.05) is 36.3 Å². The maximum Gasteiger partial charge on any atom is 0.737 e. The van der Waals surface area contributed by atoms with Gasteiger partial charge in [-0.1, -0.05) is 13.8 Å². The van der Waals surface area contributed by atoms with E-state index in [-0.39, 0.29) is 5.97 Å². The monoisotopic (exact) mass is 404 g/mol. The fraction of sp³-hybridized carbons (Fsp3) is 0.545. The zero-order valence-electron chi connectivity index (χ0n) is 18.6. The average molecular weight is 404 g/mol. The Balaban J connectivity index is 2.27. The molecule has 0 radical (unpaired) electrons. The first-order valence-electron chi connectivity index (χ1n) is 10.5. The summed E-state index contributed by atoms with van der Waals surface area (Å²) in [7, 11) is 0. The molecule has 1 aromatic heterocycles. The number of aromatic nitrogens is 1. The molecule has 1 aromatic rings. The molecule has 0 fully saturated rings. The Hall–Kier alpha value is -2.18. The van der Waals surface area contributed by atoms with Crippen LogP contribution in [0.4, 0.5) is 8.63 Å². The molecule has 0 unspecified atom stereocenters. The van der Waals surface area contributed by atoms with E-state index >= 15 is 8.63 Å². The van der Waals surface area contributed by atoms with E-state index in [0.29, 0.717) is 42.2 Å². The van der Waals surface area contributed by atoms with Gasteiger partial charge in [0.2, 0.25) is 0 Å². The van der Waals surface area contributed by atoms with Gasteiger partial charge in [0.25, 0.3) is 0 Å². The highest BCUT2D eigenvalue weighted by molar-refractivity contribution is 6.58. The number of carbonyl (C=O) groups excluding carboxylic acids is 1. The predicted octanol–water partition coefficient (Wildman–Crippen LogP) is 5.17. The molecule has 0 aromatic carbocycles. The molecule has 0 saturated heterocycles.